The van der Waals surface area contributed by atoms with Gasteiger partial charge in [-0.2, -0.15) is 0 Å². The predicted octanol–water partition coefficient (Wildman–Crippen LogP) is 2.85. The summed E-state index contributed by atoms with van der Waals surface area (Å²) in [5.74, 6) is -1.13. The smallest absolute Gasteiger partial charge is 0.348 e. The average molecular weight is 438 g/mol. The molecule has 13 heteroatoms. The number of nitro groups is 2. The normalized spacial score (nSPS) is 11.0. The Morgan fingerprint density at radius 1 is 1.12 bits per heavy atom. The maximum Gasteiger partial charge on any atom is 0.348 e. The lowest BCUT2D eigenvalue weighted by molar-refractivity contribution is -0.422. The van der Waals surface area contributed by atoms with Crippen LogP contribution in [0.5, 0.6) is 5.75 Å². The molecule has 0 aliphatic heterocycles. The highest BCUT2D eigenvalue weighted by Crippen LogP contribution is 2.36. The van der Waals surface area contributed by atoms with Gasteiger partial charge in [-0.25, -0.2) is 14.8 Å². The minimum absolute atomic E-state index is 0.00250. The van der Waals surface area contributed by atoms with Crippen LogP contribution in [0.15, 0.2) is 36.4 Å². The monoisotopic (exact) mass is 438 g/mol. The second-order valence-electron chi connectivity index (χ2n) is 6.54. The number of carbonyl (C=O) groups excluding carboxylic acids is 1. The summed E-state index contributed by atoms with van der Waals surface area (Å²) >= 11 is 0. The van der Waals surface area contributed by atoms with E-state index in [9.17, 15) is 30.1 Å². The van der Waals surface area contributed by atoms with Gasteiger partial charge in [0.2, 0.25) is 0 Å². The Balaban J connectivity index is 2.15. The molecular formula is C19H14N6O7. The number of aromatic nitrogens is 3. The molecule has 4 rings (SSSR count). The number of fused-ring (bicyclic) bond motifs is 2. The Morgan fingerprint density at radius 3 is 2.28 bits per heavy atom. The molecular weight excluding hydrogens is 424 g/mol. The zero-order valence-electron chi connectivity index (χ0n) is 16.4. The van der Waals surface area contributed by atoms with Crippen LogP contribution in [0.2, 0.25) is 0 Å². The summed E-state index contributed by atoms with van der Waals surface area (Å²) in [4.78, 5) is 42.1. The van der Waals surface area contributed by atoms with E-state index < -0.39 is 27.2 Å². The third-order valence-electron chi connectivity index (χ3n) is 4.68. The summed E-state index contributed by atoms with van der Waals surface area (Å²) in [5, 5.41) is 32.9. The molecule has 32 heavy (non-hydrogen) atoms. The molecule has 0 radical (unpaired) electrons. The first-order valence-electron chi connectivity index (χ1n) is 9.14. The van der Waals surface area contributed by atoms with E-state index in [-0.39, 0.29) is 51.6 Å². The number of phenolic OH excluding ortho intramolecular Hbond substituents is 1. The summed E-state index contributed by atoms with van der Waals surface area (Å²) in [6.45, 7) is 1.64. The molecule has 0 unspecified atom stereocenters. The largest absolute Gasteiger partial charge is 0.506 e. The van der Waals surface area contributed by atoms with Crippen LogP contribution in [0, 0.1) is 20.2 Å². The number of nitrogens with zero attached hydrogens (tertiary/aromatic N) is 5. The van der Waals surface area contributed by atoms with Crippen LogP contribution in [0.1, 0.15) is 17.3 Å². The van der Waals surface area contributed by atoms with E-state index in [4.69, 9.17) is 10.5 Å². The van der Waals surface area contributed by atoms with Gasteiger partial charge in [0, 0.05) is 0 Å². The van der Waals surface area contributed by atoms with Gasteiger partial charge in [-0.15, -0.1) is 0 Å². The average Bonchev–Trinajstić information content (AvgIpc) is 3.02. The van der Waals surface area contributed by atoms with Crippen LogP contribution in [-0.2, 0) is 4.74 Å². The highest BCUT2D eigenvalue weighted by molar-refractivity contribution is 6.09. The van der Waals surface area contributed by atoms with E-state index in [1.807, 2.05) is 0 Å². The highest BCUT2D eigenvalue weighted by atomic mass is 16.6. The first kappa shape index (κ1) is 20.5. The third kappa shape index (κ3) is 3.08. The lowest BCUT2D eigenvalue weighted by Crippen LogP contribution is -2.09. The van der Waals surface area contributed by atoms with Crippen molar-refractivity contribution in [3.05, 3.63) is 62.2 Å². The Morgan fingerprint density at radius 2 is 1.72 bits per heavy atom. The van der Waals surface area contributed by atoms with Crippen molar-refractivity contribution >= 4 is 45.4 Å². The Bertz CT molecular complexity index is 1450. The van der Waals surface area contributed by atoms with Crippen molar-refractivity contribution in [2.45, 2.75) is 6.92 Å². The Hall–Kier alpha value is -4.81. The molecule has 0 aliphatic carbocycles. The van der Waals surface area contributed by atoms with Crippen molar-refractivity contribution in [1.29, 1.82) is 0 Å². The lowest BCUT2D eigenvalue weighted by atomic mass is 10.2. The second-order valence-corrected chi connectivity index (χ2v) is 6.54. The van der Waals surface area contributed by atoms with E-state index in [2.05, 4.69) is 9.97 Å². The molecule has 0 spiro atoms. The minimum Gasteiger partial charge on any atom is -0.506 e. The van der Waals surface area contributed by atoms with Crippen molar-refractivity contribution in [3.8, 4) is 11.4 Å². The van der Waals surface area contributed by atoms with Crippen LogP contribution in [0.4, 0.5) is 17.2 Å². The van der Waals surface area contributed by atoms with Crippen LogP contribution < -0.4 is 5.73 Å². The van der Waals surface area contributed by atoms with Crippen LogP contribution >= 0.6 is 0 Å². The van der Waals surface area contributed by atoms with Gasteiger partial charge >= 0.3 is 17.3 Å². The molecule has 4 aromatic rings. The molecule has 13 nitrogen and oxygen atoms in total. The molecule has 0 fully saturated rings. The van der Waals surface area contributed by atoms with E-state index in [1.54, 1.807) is 19.1 Å². The molecule has 0 saturated carbocycles. The summed E-state index contributed by atoms with van der Waals surface area (Å²) in [6.07, 6.45) is 0. The zero-order valence-corrected chi connectivity index (χ0v) is 16.4. The second kappa shape index (κ2) is 7.46. The molecule has 0 saturated heterocycles. The number of esters is 1. The number of hydrogen-bond donors (Lipinski definition) is 2. The van der Waals surface area contributed by atoms with Gasteiger partial charge in [0.25, 0.3) is 0 Å². The fourth-order valence-corrected chi connectivity index (χ4v) is 3.34. The van der Waals surface area contributed by atoms with Gasteiger partial charge in [-0.05, 0) is 19.1 Å². The number of para-hydroxylation sites is 2. The summed E-state index contributed by atoms with van der Waals surface area (Å²) in [6, 6.07) is 7.94. The van der Waals surface area contributed by atoms with Crippen molar-refractivity contribution in [2.24, 2.45) is 0 Å². The fraction of sp³-hybridized carbons (Fsp3) is 0.105. The summed E-state index contributed by atoms with van der Waals surface area (Å²) < 4.78 is 6.32. The number of nitrogens with two attached hydrogens (primary N) is 1. The first-order valence-corrected chi connectivity index (χ1v) is 9.14. The van der Waals surface area contributed by atoms with E-state index in [0.717, 1.165) is 12.1 Å². The minimum atomic E-state index is -0.906. The molecule has 0 amide bonds. The molecule has 162 valence electrons. The van der Waals surface area contributed by atoms with Crippen molar-refractivity contribution in [1.82, 2.24) is 14.5 Å². The quantitative estimate of drug-likeness (QED) is 0.266. The number of ether oxygens (including phenoxy) is 1. The van der Waals surface area contributed by atoms with Gasteiger partial charge < -0.3 is 15.6 Å². The molecule has 3 N–H and O–H groups in total. The molecule has 2 aromatic heterocycles. The number of benzene rings is 2. The summed E-state index contributed by atoms with van der Waals surface area (Å²) in [5.41, 5.74) is 4.56. The number of nitro benzene ring substituents is 2. The Labute approximate surface area is 178 Å². The number of phenols is 1. The van der Waals surface area contributed by atoms with Crippen molar-refractivity contribution < 1.29 is 24.5 Å². The number of aromatic hydroxyl groups is 1. The van der Waals surface area contributed by atoms with Gasteiger partial charge in [0.15, 0.2) is 5.65 Å². The van der Waals surface area contributed by atoms with E-state index >= 15 is 0 Å². The number of anilines is 1. The lowest BCUT2D eigenvalue weighted by Gasteiger charge is -2.09. The van der Waals surface area contributed by atoms with Crippen molar-refractivity contribution in [3.63, 3.8) is 0 Å². The van der Waals surface area contributed by atoms with E-state index in [0.29, 0.717) is 0 Å². The SMILES string of the molecule is CCOC(=O)c1c(N)n(-c2ccccc2O)c2nc3cc([N+](=O)[O-])c([N+](=O)[O-])cc3nc12. The van der Waals surface area contributed by atoms with Crippen LogP contribution in [0.3, 0.4) is 0 Å². The van der Waals surface area contributed by atoms with Gasteiger partial charge in [-0.3, -0.25) is 24.8 Å². The van der Waals surface area contributed by atoms with Gasteiger partial charge in [-0.1, -0.05) is 12.1 Å². The number of rotatable bonds is 5. The zero-order chi connectivity index (χ0) is 23.2. The third-order valence-corrected chi connectivity index (χ3v) is 4.68. The molecule has 2 aromatic carbocycles. The first-order chi connectivity index (χ1) is 15.2. The fourth-order valence-electron chi connectivity index (χ4n) is 3.34. The predicted molar refractivity (Wildman–Crippen MR) is 112 cm³/mol. The van der Waals surface area contributed by atoms with E-state index in [1.165, 1.54) is 16.7 Å². The topological polar surface area (TPSA) is 190 Å². The molecule has 2 heterocycles. The van der Waals surface area contributed by atoms with Crippen LogP contribution in [0.25, 0.3) is 27.9 Å². The number of nitrogen functional groups attached to an aromatic ring is 1. The standard InChI is InChI=1S/C19H14N6O7/c1-2-32-19(27)15-16-18(23(17(15)20)11-5-3-4-6-14(11)26)22-10-8-13(25(30)31)12(24(28)29)7-9(10)21-16/h3-8,26H,2,20H2,1H3. The maximum atomic E-state index is 12.6. The van der Waals surface area contributed by atoms with Gasteiger partial charge in [0.1, 0.15) is 22.6 Å². The maximum absolute atomic E-state index is 12.6. The molecule has 0 bridgehead atoms. The molecule has 0 aliphatic rings. The highest BCUT2D eigenvalue weighted by Gasteiger charge is 2.30. The number of hydrogen-bond acceptors (Lipinski definition) is 10. The van der Waals surface area contributed by atoms with Crippen LogP contribution in [-0.4, -0.2) is 42.1 Å². The molecule has 0 atom stereocenters. The van der Waals surface area contributed by atoms with Crippen molar-refractivity contribution in [2.75, 3.05) is 12.3 Å². The summed E-state index contributed by atoms with van der Waals surface area (Å²) in [7, 11) is 0. The number of carbonyl (C=O) groups is 1. The Kier molecular flexibility index (Phi) is 4.77. The van der Waals surface area contributed by atoms with Gasteiger partial charge in [0.05, 0.1) is 45.3 Å².